The largest absolute Gasteiger partial charge is 0.341 e. The molecule has 35 heavy (non-hydrogen) atoms. The number of nitrogens with zero attached hydrogens (tertiary/aromatic N) is 1. The molecule has 1 atom stereocenters. The number of hydrogen-bond acceptors (Lipinski definition) is 5. The number of fused-ring (bicyclic) bond motifs is 1. The first-order valence-corrected chi connectivity index (χ1v) is 13.1. The van der Waals surface area contributed by atoms with Crippen molar-refractivity contribution in [2.45, 2.75) is 43.7 Å². The number of hydrogen-bond donors (Lipinski definition) is 3. The summed E-state index contributed by atoms with van der Waals surface area (Å²) in [6, 6.07) is 16.7. The second-order valence-corrected chi connectivity index (χ2v) is 10.6. The van der Waals surface area contributed by atoms with Gasteiger partial charge in [0.25, 0.3) is 5.91 Å². The van der Waals surface area contributed by atoms with Crippen molar-refractivity contribution in [1.29, 1.82) is 0 Å². The van der Waals surface area contributed by atoms with Crippen LogP contribution in [0.2, 0.25) is 0 Å². The standard InChI is InChI=1S/C26H30N4O4S/c1-17-7-3-4-8-20(17)25(31)28-23-11-12-24(22-10-6-5-9-21(22)23)35(33,34)29-19-13-15-30(16-14-19)26(32)18(2)27/h3-12,18-19,29H,13-16,27H2,1-2H3,(H,28,31)/t18-/m0/s1. The van der Waals surface area contributed by atoms with Crippen LogP contribution in [0, 0.1) is 6.92 Å². The Kier molecular flexibility index (Phi) is 7.20. The van der Waals surface area contributed by atoms with Crippen LogP contribution >= 0.6 is 0 Å². The summed E-state index contributed by atoms with van der Waals surface area (Å²) in [6.45, 7) is 4.43. The lowest BCUT2D eigenvalue weighted by Gasteiger charge is -2.33. The van der Waals surface area contributed by atoms with Crippen LogP contribution in [-0.4, -0.2) is 50.3 Å². The van der Waals surface area contributed by atoms with Crippen molar-refractivity contribution in [2.75, 3.05) is 18.4 Å². The van der Waals surface area contributed by atoms with Crippen LogP contribution in [0.1, 0.15) is 35.7 Å². The summed E-state index contributed by atoms with van der Waals surface area (Å²) in [5, 5.41) is 4.08. The van der Waals surface area contributed by atoms with Crippen molar-refractivity contribution in [3.63, 3.8) is 0 Å². The van der Waals surface area contributed by atoms with Gasteiger partial charge >= 0.3 is 0 Å². The molecule has 3 aromatic carbocycles. The lowest BCUT2D eigenvalue weighted by atomic mass is 10.1. The molecule has 0 bridgehead atoms. The molecular formula is C26H30N4O4S. The molecule has 9 heteroatoms. The molecule has 3 aromatic rings. The van der Waals surface area contributed by atoms with Gasteiger partial charge in [0.1, 0.15) is 0 Å². The van der Waals surface area contributed by atoms with Crippen molar-refractivity contribution < 1.29 is 18.0 Å². The van der Waals surface area contributed by atoms with Gasteiger partial charge in [0.2, 0.25) is 15.9 Å². The van der Waals surface area contributed by atoms with E-state index in [1.807, 2.05) is 19.1 Å². The highest BCUT2D eigenvalue weighted by Gasteiger charge is 2.28. The maximum absolute atomic E-state index is 13.3. The number of likely N-dealkylation sites (tertiary alicyclic amines) is 1. The molecular weight excluding hydrogens is 464 g/mol. The third kappa shape index (κ3) is 5.37. The van der Waals surface area contributed by atoms with E-state index in [4.69, 9.17) is 5.73 Å². The molecule has 4 N–H and O–H groups in total. The monoisotopic (exact) mass is 494 g/mol. The van der Waals surface area contributed by atoms with Gasteiger partial charge in [-0.1, -0.05) is 42.5 Å². The van der Waals surface area contributed by atoms with Crippen LogP contribution in [0.5, 0.6) is 0 Å². The lowest BCUT2D eigenvalue weighted by molar-refractivity contribution is -0.133. The third-order valence-corrected chi connectivity index (χ3v) is 7.91. The first kappa shape index (κ1) is 24.8. The van der Waals surface area contributed by atoms with Crippen LogP contribution < -0.4 is 15.8 Å². The molecule has 184 valence electrons. The van der Waals surface area contributed by atoms with Gasteiger partial charge in [0, 0.05) is 41.2 Å². The first-order chi connectivity index (χ1) is 16.7. The topological polar surface area (TPSA) is 122 Å². The number of nitrogens with two attached hydrogens (primary N) is 1. The fourth-order valence-electron chi connectivity index (χ4n) is 4.42. The van der Waals surface area contributed by atoms with E-state index in [1.54, 1.807) is 54.3 Å². The Morgan fingerprint density at radius 2 is 1.60 bits per heavy atom. The van der Waals surface area contributed by atoms with Crippen LogP contribution in [0.25, 0.3) is 10.8 Å². The molecule has 0 radical (unpaired) electrons. The molecule has 8 nitrogen and oxygen atoms in total. The average molecular weight is 495 g/mol. The number of carbonyl (C=O) groups excluding carboxylic acids is 2. The number of rotatable bonds is 6. The Morgan fingerprint density at radius 3 is 2.26 bits per heavy atom. The summed E-state index contributed by atoms with van der Waals surface area (Å²) in [5.74, 6) is -0.379. The molecule has 1 aliphatic heterocycles. The highest BCUT2D eigenvalue weighted by Crippen LogP contribution is 2.30. The molecule has 1 fully saturated rings. The quantitative estimate of drug-likeness (QED) is 0.486. The van der Waals surface area contributed by atoms with Crippen LogP contribution in [0.15, 0.2) is 65.6 Å². The molecule has 0 saturated carbocycles. The van der Waals surface area contributed by atoms with E-state index in [1.165, 1.54) is 6.07 Å². The van der Waals surface area contributed by atoms with Gasteiger partial charge in [0.05, 0.1) is 10.9 Å². The van der Waals surface area contributed by atoms with Crippen molar-refractivity contribution in [3.8, 4) is 0 Å². The zero-order valence-electron chi connectivity index (χ0n) is 19.8. The van der Waals surface area contributed by atoms with E-state index in [0.29, 0.717) is 48.0 Å². The predicted octanol–water partition coefficient (Wildman–Crippen LogP) is 3.02. The highest BCUT2D eigenvalue weighted by molar-refractivity contribution is 7.89. The minimum Gasteiger partial charge on any atom is -0.341 e. The Bertz CT molecular complexity index is 1360. The molecule has 0 unspecified atom stereocenters. The number of benzene rings is 3. The number of piperidine rings is 1. The van der Waals surface area contributed by atoms with Crippen molar-refractivity contribution in [1.82, 2.24) is 9.62 Å². The van der Waals surface area contributed by atoms with Gasteiger partial charge in [-0.25, -0.2) is 13.1 Å². The molecule has 0 spiro atoms. The minimum atomic E-state index is -3.84. The van der Waals surface area contributed by atoms with Crippen molar-refractivity contribution in [2.24, 2.45) is 5.73 Å². The van der Waals surface area contributed by atoms with Crippen LogP contribution in [0.3, 0.4) is 0 Å². The highest BCUT2D eigenvalue weighted by atomic mass is 32.2. The van der Waals surface area contributed by atoms with Crippen molar-refractivity contribution >= 4 is 38.3 Å². The van der Waals surface area contributed by atoms with Gasteiger partial charge in [0.15, 0.2) is 0 Å². The number of anilines is 1. The summed E-state index contributed by atoms with van der Waals surface area (Å²) in [6.07, 6.45) is 1.03. The summed E-state index contributed by atoms with van der Waals surface area (Å²) in [4.78, 5) is 26.8. The van der Waals surface area contributed by atoms with E-state index in [-0.39, 0.29) is 22.8 Å². The van der Waals surface area contributed by atoms with E-state index in [9.17, 15) is 18.0 Å². The molecule has 1 aliphatic rings. The number of sulfonamides is 1. The van der Waals surface area contributed by atoms with Gasteiger partial charge in [-0.15, -0.1) is 0 Å². The zero-order chi connectivity index (χ0) is 25.2. The summed E-state index contributed by atoms with van der Waals surface area (Å²) in [7, 11) is -3.84. The van der Waals surface area contributed by atoms with E-state index < -0.39 is 16.1 Å². The van der Waals surface area contributed by atoms with Crippen molar-refractivity contribution in [3.05, 3.63) is 71.8 Å². The first-order valence-electron chi connectivity index (χ1n) is 11.6. The molecule has 4 rings (SSSR count). The number of nitrogens with one attached hydrogen (secondary N) is 2. The Morgan fingerprint density at radius 1 is 0.971 bits per heavy atom. The summed E-state index contributed by atoms with van der Waals surface area (Å²) < 4.78 is 29.5. The summed E-state index contributed by atoms with van der Waals surface area (Å²) in [5.41, 5.74) is 7.64. The number of aryl methyl sites for hydroxylation is 1. The maximum atomic E-state index is 13.3. The average Bonchev–Trinajstić information content (AvgIpc) is 2.84. The third-order valence-electron chi connectivity index (χ3n) is 6.33. The van der Waals surface area contributed by atoms with Gasteiger partial charge in [-0.05, 0) is 50.5 Å². The Hall–Kier alpha value is -3.27. The fourth-order valence-corrected chi connectivity index (χ4v) is 5.94. The Labute approximate surface area is 205 Å². The van der Waals surface area contributed by atoms with Gasteiger partial charge in [-0.3, -0.25) is 9.59 Å². The smallest absolute Gasteiger partial charge is 0.255 e. The zero-order valence-corrected chi connectivity index (χ0v) is 20.6. The second kappa shape index (κ2) is 10.2. The predicted molar refractivity (Wildman–Crippen MR) is 137 cm³/mol. The molecule has 1 heterocycles. The fraction of sp³-hybridized carbons (Fsp3) is 0.308. The number of carbonyl (C=O) groups is 2. The lowest BCUT2D eigenvalue weighted by Crippen LogP contribution is -2.50. The minimum absolute atomic E-state index is 0.124. The van der Waals surface area contributed by atoms with Crippen LogP contribution in [0.4, 0.5) is 5.69 Å². The van der Waals surface area contributed by atoms with E-state index >= 15 is 0 Å². The van der Waals surface area contributed by atoms with Gasteiger partial charge < -0.3 is 16.0 Å². The maximum Gasteiger partial charge on any atom is 0.255 e. The molecule has 2 amide bonds. The summed E-state index contributed by atoms with van der Waals surface area (Å²) >= 11 is 0. The van der Waals surface area contributed by atoms with Gasteiger partial charge in [-0.2, -0.15) is 0 Å². The second-order valence-electron chi connectivity index (χ2n) is 8.94. The van der Waals surface area contributed by atoms with E-state index in [0.717, 1.165) is 5.56 Å². The molecule has 0 aromatic heterocycles. The van der Waals surface area contributed by atoms with Crippen LogP contribution in [-0.2, 0) is 14.8 Å². The number of amides is 2. The Balaban J connectivity index is 1.56. The SMILES string of the molecule is Cc1ccccc1C(=O)Nc1ccc(S(=O)(=O)NC2CCN(C(=O)[C@H](C)N)CC2)c2ccccc12. The normalized spacial score (nSPS) is 15.7. The molecule has 1 saturated heterocycles. The molecule has 0 aliphatic carbocycles. The van der Waals surface area contributed by atoms with E-state index in [2.05, 4.69) is 10.0 Å².